The molecule has 106 valence electrons. The molecular formula is C12H14N4O3S. The molecular weight excluding hydrogens is 280 g/mol. The average molecular weight is 294 g/mol. The van der Waals surface area contributed by atoms with Crippen molar-refractivity contribution in [2.24, 2.45) is 12.2 Å². The molecule has 0 spiro atoms. The van der Waals surface area contributed by atoms with E-state index >= 15 is 0 Å². The zero-order chi connectivity index (χ0) is 14.9. The molecule has 1 aromatic carbocycles. The molecule has 0 atom stereocenters. The first-order valence-corrected chi connectivity index (χ1v) is 7.27. The number of rotatable bonds is 3. The van der Waals surface area contributed by atoms with Gasteiger partial charge in [-0.2, -0.15) is 5.10 Å². The number of hydrogen-bond donors (Lipinski definition) is 2. The Morgan fingerprint density at radius 1 is 1.35 bits per heavy atom. The van der Waals surface area contributed by atoms with Crippen molar-refractivity contribution < 1.29 is 13.2 Å². The fraction of sp³-hybridized carbons (Fsp3) is 0.167. The molecule has 0 unspecified atom stereocenters. The van der Waals surface area contributed by atoms with E-state index in [0.29, 0.717) is 16.9 Å². The lowest BCUT2D eigenvalue weighted by atomic mass is 10.2. The highest BCUT2D eigenvalue weighted by molar-refractivity contribution is 7.89. The number of nitrogens with two attached hydrogens (primary N) is 1. The molecule has 0 aliphatic heterocycles. The first-order valence-electron chi connectivity index (χ1n) is 5.72. The van der Waals surface area contributed by atoms with Crippen LogP contribution in [0.25, 0.3) is 0 Å². The Hall–Kier alpha value is -2.19. The SMILES string of the molecule is Cc1c(NC(=O)c2ccnn2C)cccc1S(N)(=O)=O. The number of hydrogen-bond acceptors (Lipinski definition) is 4. The number of sulfonamides is 1. The molecule has 3 N–H and O–H groups in total. The summed E-state index contributed by atoms with van der Waals surface area (Å²) in [5.41, 5.74) is 1.15. The summed E-state index contributed by atoms with van der Waals surface area (Å²) in [6.07, 6.45) is 1.50. The van der Waals surface area contributed by atoms with Crippen molar-refractivity contribution in [3.05, 3.63) is 41.7 Å². The van der Waals surface area contributed by atoms with Gasteiger partial charge in [0.1, 0.15) is 5.69 Å². The third kappa shape index (κ3) is 2.70. The van der Waals surface area contributed by atoms with Crippen LogP contribution in [0.1, 0.15) is 16.1 Å². The minimum absolute atomic E-state index is 0.0136. The second kappa shape index (κ2) is 5.06. The highest BCUT2D eigenvalue weighted by Gasteiger charge is 2.16. The van der Waals surface area contributed by atoms with E-state index < -0.39 is 10.0 Å². The second-order valence-corrected chi connectivity index (χ2v) is 5.80. The van der Waals surface area contributed by atoms with Gasteiger partial charge in [0.2, 0.25) is 10.0 Å². The van der Waals surface area contributed by atoms with Gasteiger partial charge in [0.05, 0.1) is 4.90 Å². The summed E-state index contributed by atoms with van der Waals surface area (Å²) < 4.78 is 24.3. The quantitative estimate of drug-likeness (QED) is 0.865. The molecule has 8 heteroatoms. The van der Waals surface area contributed by atoms with E-state index in [0.717, 1.165) is 0 Å². The van der Waals surface area contributed by atoms with Crippen LogP contribution in [0.5, 0.6) is 0 Å². The van der Waals surface area contributed by atoms with Gasteiger partial charge >= 0.3 is 0 Å². The van der Waals surface area contributed by atoms with Crippen molar-refractivity contribution in [3.8, 4) is 0 Å². The molecule has 1 heterocycles. The van der Waals surface area contributed by atoms with E-state index in [-0.39, 0.29) is 10.8 Å². The first-order chi connectivity index (χ1) is 9.30. The van der Waals surface area contributed by atoms with Crippen molar-refractivity contribution in [2.45, 2.75) is 11.8 Å². The minimum Gasteiger partial charge on any atom is -0.320 e. The Balaban J connectivity index is 2.36. The zero-order valence-corrected chi connectivity index (χ0v) is 11.8. The maximum Gasteiger partial charge on any atom is 0.273 e. The lowest BCUT2D eigenvalue weighted by Crippen LogP contribution is -2.18. The predicted octanol–water partition coefficient (Wildman–Crippen LogP) is 0.628. The summed E-state index contributed by atoms with van der Waals surface area (Å²) in [5, 5.41) is 11.7. The maximum atomic E-state index is 12.1. The first kappa shape index (κ1) is 14.2. The van der Waals surface area contributed by atoms with Gasteiger partial charge in [-0.25, -0.2) is 13.6 Å². The lowest BCUT2D eigenvalue weighted by Gasteiger charge is -2.11. The second-order valence-electron chi connectivity index (χ2n) is 4.27. The van der Waals surface area contributed by atoms with Crippen LogP contribution in [0.4, 0.5) is 5.69 Å². The highest BCUT2D eigenvalue weighted by Crippen LogP contribution is 2.22. The Labute approximate surface area is 116 Å². The summed E-state index contributed by atoms with van der Waals surface area (Å²) >= 11 is 0. The molecule has 7 nitrogen and oxygen atoms in total. The summed E-state index contributed by atoms with van der Waals surface area (Å²) in [6.45, 7) is 1.58. The third-order valence-electron chi connectivity index (χ3n) is 2.89. The smallest absolute Gasteiger partial charge is 0.273 e. The monoisotopic (exact) mass is 294 g/mol. The van der Waals surface area contributed by atoms with Gasteiger partial charge in [-0.15, -0.1) is 0 Å². The van der Waals surface area contributed by atoms with Gasteiger partial charge in [-0.1, -0.05) is 6.07 Å². The van der Waals surface area contributed by atoms with Crippen LogP contribution in [-0.4, -0.2) is 24.1 Å². The number of nitrogens with zero attached hydrogens (tertiary/aromatic N) is 2. The molecule has 0 saturated carbocycles. The van der Waals surface area contributed by atoms with Gasteiger partial charge in [-0.05, 0) is 30.7 Å². The van der Waals surface area contributed by atoms with E-state index in [2.05, 4.69) is 10.4 Å². The third-order valence-corrected chi connectivity index (χ3v) is 3.95. The van der Waals surface area contributed by atoms with Gasteiger partial charge in [0.25, 0.3) is 5.91 Å². The molecule has 0 aliphatic carbocycles. The van der Waals surface area contributed by atoms with E-state index in [1.165, 1.54) is 23.0 Å². The molecule has 0 fully saturated rings. The maximum absolute atomic E-state index is 12.1. The Kier molecular flexibility index (Phi) is 3.60. The highest BCUT2D eigenvalue weighted by atomic mass is 32.2. The van der Waals surface area contributed by atoms with E-state index in [9.17, 15) is 13.2 Å². The van der Waals surface area contributed by atoms with Crippen LogP contribution < -0.4 is 10.5 Å². The Morgan fingerprint density at radius 2 is 2.05 bits per heavy atom. The molecule has 2 aromatic rings. The number of nitrogens with one attached hydrogen (secondary N) is 1. The standard InChI is InChI=1S/C12H14N4O3S/c1-8-9(4-3-5-11(8)20(13,18)19)15-12(17)10-6-7-14-16(10)2/h3-7H,1-2H3,(H,15,17)(H2,13,18,19). The Morgan fingerprint density at radius 3 is 2.60 bits per heavy atom. The van der Waals surface area contributed by atoms with Gasteiger partial charge in [-0.3, -0.25) is 9.48 Å². The van der Waals surface area contributed by atoms with Crippen molar-refractivity contribution in [1.29, 1.82) is 0 Å². The minimum atomic E-state index is -3.82. The molecule has 20 heavy (non-hydrogen) atoms. The number of primary sulfonamides is 1. The van der Waals surface area contributed by atoms with Crippen LogP contribution in [-0.2, 0) is 17.1 Å². The topological polar surface area (TPSA) is 107 Å². The number of carbonyl (C=O) groups excluding carboxylic acids is 1. The fourth-order valence-electron chi connectivity index (χ4n) is 1.84. The number of aromatic nitrogens is 2. The molecule has 0 radical (unpaired) electrons. The van der Waals surface area contributed by atoms with Crippen molar-refractivity contribution in [2.75, 3.05) is 5.32 Å². The van der Waals surface area contributed by atoms with E-state index in [4.69, 9.17) is 5.14 Å². The molecule has 0 saturated heterocycles. The molecule has 1 amide bonds. The number of carbonyl (C=O) groups is 1. The molecule has 0 aliphatic rings. The van der Waals surface area contributed by atoms with E-state index in [1.807, 2.05) is 0 Å². The van der Waals surface area contributed by atoms with Crippen LogP contribution in [0.15, 0.2) is 35.4 Å². The molecule has 2 rings (SSSR count). The summed E-state index contributed by atoms with van der Waals surface area (Å²) in [4.78, 5) is 12.0. The van der Waals surface area contributed by atoms with Crippen molar-refractivity contribution >= 4 is 21.6 Å². The van der Waals surface area contributed by atoms with Crippen LogP contribution in [0.2, 0.25) is 0 Å². The number of anilines is 1. The number of benzene rings is 1. The summed E-state index contributed by atoms with van der Waals surface area (Å²) in [6, 6.07) is 6.09. The average Bonchev–Trinajstić information content (AvgIpc) is 2.76. The number of aryl methyl sites for hydroxylation is 1. The van der Waals surface area contributed by atoms with Crippen molar-refractivity contribution in [1.82, 2.24) is 9.78 Å². The van der Waals surface area contributed by atoms with Crippen LogP contribution in [0, 0.1) is 6.92 Å². The Bertz CT molecular complexity index is 765. The zero-order valence-electron chi connectivity index (χ0n) is 11.0. The largest absolute Gasteiger partial charge is 0.320 e. The summed E-state index contributed by atoms with van der Waals surface area (Å²) in [5.74, 6) is -0.375. The molecule has 0 bridgehead atoms. The van der Waals surface area contributed by atoms with Gasteiger partial charge < -0.3 is 5.32 Å². The predicted molar refractivity (Wildman–Crippen MR) is 73.7 cm³/mol. The van der Waals surface area contributed by atoms with Crippen LogP contribution >= 0.6 is 0 Å². The van der Waals surface area contributed by atoms with Gasteiger partial charge in [0, 0.05) is 18.9 Å². The normalized spacial score (nSPS) is 11.3. The van der Waals surface area contributed by atoms with E-state index in [1.54, 1.807) is 26.1 Å². The summed E-state index contributed by atoms with van der Waals surface area (Å²) in [7, 11) is -2.18. The van der Waals surface area contributed by atoms with Gasteiger partial charge in [0.15, 0.2) is 0 Å². The number of amides is 1. The lowest BCUT2D eigenvalue weighted by molar-refractivity contribution is 0.101. The fourth-order valence-corrected chi connectivity index (χ4v) is 2.65. The van der Waals surface area contributed by atoms with Crippen LogP contribution in [0.3, 0.4) is 0 Å². The van der Waals surface area contributed by atoms with Crippen molar-refractivity contribution in [3.63, 3.8) is 0 Å². The molecule has 1 aromatic heterocycles.